The lowest BCUT2D eigenvalue weighted by Gasteiger charge is -2.31. The van der Waals surface area contributed by atoms with E-state index in [-0.39, 0.29) is 12.5 Å². The number of fused-ring (bicyclic) bond motifs is 1. The molecule has 8 heteroatoms. The van der Waals surface area contributed by atoms with Gasteiger partial charge in [-0.1, -0.05) is 66.2 Å². The number of carbonyl (C=O) groups excluding carboxylic acids is 2. The summed E-state index contributed by atoms with van der Waals surface area (Å²) < 4.78 is 26.7. The summed E-state index contributed by atoms with van der Waals surface area (Å²) in [6.07, 6.45) is 1.08. The molecule has 1 N–H and O–H groups in total. The van der Waals surface area contributed by atoms with Crippen LogP contribution in [0.2, 0.25) is 0 Å². The zero-order valence-electron chi connectivity index (χ0n) is 20.0. The summed E-state index contributed by atoms with van der Waals surface area (Å²) in [7, 11) is -3.79. The molecule has 3 aromatic carbocycles. The van der Waals surface area contributed by atoms with Crippen LogP contribution in [0.25, 0.3) is 10.8 Å². The van der Waals surface area contributed by atoms with E-state index < -0.39 is 28.5 Å². The van der Waals surface area contributed by atoms with Crippen molar-refractivity contribution in [2.45, 2.75) is 33.4 Å². The Morgan fingerprint density at radius 1 is 0.971 bits per heavy atom. The molecule has 0 aromatic heterocycles. The number of amides is 2. The number of carbonyl (C=O) groups is 2. The Morgan fingerprint density at radius 3 is 2.26 bits per heavy atom. The molecule has 0 spiro atoms. The van der Waals surface area contributed by atoms with Crippen molar-refractivity contribution in [2.75, 3.05) is 23.7 Å². The maximum Gasteiger partial charge on any atom is 0.244 e. The number of hydrogen-bond acceptors (Lipinski definition) is 4. The zero-order chi connectivity index (χ0) is 24.9. The van der Waals surface area contributed by atoms with Gasteiger partial charge in [-0.2, -0.15) is 0 Å². The quantitative estimate of drug-likeness (QED) is 0.507. The SMILES string of the molecule is CCNC(=O)[C@H](C)N(Cc1ccc(C)cc1)C(=O)CN(c1cccc2ccccc12)S(C)(=O)=O. The fraction of sp³-hybridized carbons (Fsp3) is 0.308. The van der Waals surface area contributed by atoms with Crippen molar-refractivity contribution in [1.29, 1.82) is 0 Å². The summed E-state index contributed by atoms with van der Waals surface area (Å²) in [6.45, 7) is 5.63. The molecule has 34 heavy (non-hydrogen) atoms. The minimum atomic E-state index is -3.79. The van der Waals surface area contributed by atoms with Crippen LogP contribution in [-0.4, -0.2) is 50.5 Å². The monoisotopic (exact) mass is 481 g/mol. The molecule has 3 aromatic rings. The van der Waals surface area contributed by atoms with E-state index in [0.717, 1.165) is 32.5 Å². The third-order valence-electron chi connectivity index (χ3n) is 5.71. The van der Waals surface area contributed by atoms with Gasteiger partial charge < -0.3 is 10.2 Å². The summed E-state index contributed by atoms with van der Waals surface area (Å²) in [6, 6.07) is 19.7. The van der Waals surface area contributed by atoms with Crippen molar-refractivity contribution in [3.63, 3.8) is 0 Å². The molecule has 0 bridgehead atoms. The number of benzene rings is 3. The van der Waals surface area contributed by atoms with Crippen molar-refractivity contribution in [3.8, 4) is 0 Å². The van der Waals surface area contributed by atoms with Crippen LogP contribution in [0.5, 0.6) is 0 Å². The van der Waals surface area contributed by atoms with Gasteiger partial charge in [0.15, 0.2) is 0 Å². The van der Waals surface area contributed by atoms with Crippen molar-refractivity contribution in [2.24, 2.45) is 0 Å². The number of nitrogens with zero attached hydrogens (tertiary/aromatic N) is 2. The van der Waals surface area contributed by atoms with E-state index in [2.05, 4.69) is 5.32 Å². The second-order valence-electron chi connectivity index (χ2n) is 8.35. The zero-order valence-corrected chi connectivity index (χ0v) is 20.8. The summed E-state index contributed by atoms with van der Waals surface area (Å²) >= 11 is 0. The maximum atomic E-state index is 13.6. The molecule has 7 nitrogen and oxygen atoms in total. The van der Waals surface area contributed by atoms with E-state index in [1.165, 1.54) is 4.90 Å². The summed E-state index contributed by atoms with van der Waals surface area (Å²) in [5, 5.41) is 4.35. The number of anilines is 1. The summed E-state index contributed by atoms with van der Waals surface area (Å²) in [5.74, 6) is -0.753. The lowest BCUT2D eigenvalue weighted by atomic mass is 10.1. The lowest BCUT2D eigenvalue weighted by molar-refractivity contribution is -0.139. The Bertz CT molecular complexity index is 1270. The Balaban J connectivity index is 1.98. The second-order valence-corrected chi connectivity index (χ2v) is 10.3. The van der Waals surface area contributed by atoms with E-state index in [1.807, 2.05) is 68.4 Å². The molecule has 0 aliphatic rings. The number of likely N-dealkylation sites (N-methyl/N-ethyl adjacent to an activating group) is 1. The van der Waals surface area contributed by atoms with Crippen LogP contribution in [0.15, 0.2) is 66.7 Å². The normalized spacial score (nSPS) is 12.2. The highest BCUT2D eigenvalue weighted by Gasteiger charge is 2.30. The van der Waals surface area contributed by atoms with Gasteiger partial charge in [0.2, 0.25) is 21.8 Å². The first-order valence-electron chi connectivity index (χ1n) is 11.2. The number of aryl methyl sites for hydroxylation is 1. The van der Waals surface area contributed by atoms with E-state index in [9.17, 15) is 18.0 Å². The molecule has 1 atom stereocenters. The number of rotatable bonds is 9. The van der Waals surface area contributed by atoms with Gasteiger partial charge in [0.25, 0.3) is 0 Å². The van der Waals surface area contributed by atoms with Crippen LogP contribution in [0.3, 0.4) is 0 Å². The van der Waals surface area contributed by atoms with Crippen LogP contribution in [0.1, 0.15) is 25.0 Å². The van der Waals surface area contributed by atoms with Crippen LogP contribution in [0, 0.1) is 6.92 Å². The van der Waals surface area contributed by atoms with E-state index in [0.29, 0.717) is 12.2 Å². The van der Waals surface area contributed by atoms with Gasteiger partial charge in [0.1, 0.15) is 12.6 Å². The first kappa shape index (κ1) is 25.2. The highest BCUT2D eigenvalue weighted by Crippen LogP contribution is 2.28. The van der Waals surface area contributed by atoms with Gasteiger partial charge in [0, 0.05) is 18.5 Å². The topological polar surface area (TPSA) is 86.8 Å². The average molecular weight is 482 g/mol. The number of sulfonamides is 1. The lowest BCUT2D eigenvalue weighted by Crippen LogP contribution is -2.51. The van der Waals surface area contributed by atoms with Crippen molar-refractivity contribution in [1.82, 2.24) is 10.2 Å². The summed E-state index contributed by atoms with van der Waals surface area (Å²) in [5.41, 5.74) is 2.36. The third kappa shape index (κ3) is 5.94. The van der Waals surface area contributed by atoms with Gasteiger partial charge in [-0.3, -0.25) is 13.9 Å². The molecule has 0 saturated carbocycles. The largest absolute Gasteiger partial charge is 0.355 e. The highest BCUT2D eigenvalue weighted by atomic mass is 32.2. The number of nitrogens with one attached hydrogen (secondary N) is 1. The van der Waals surface area contributed by atoms with E-state index in [4.69, 9.17) is 0 Å². The van der Waals surface area contributed by atoms with Crippen molar-refractivity contribution >= 4 is 38.3 Å². The van der Waals surface area contributed by atoms with Gasteiger partial charge in [-0.15, -0.1) is 0 Å². The molecule has 0 unspecified atom stereocenters. The first-order chi connectivity index (χ1) is 16.1. The molecule has 0 heterocycles. The standard InChI is InChI=1S/C26H31N3O4S/c1-5-27-26(31)20(3)28(17-21-15-13-19(2)14-16-21)25(30)18-29(34(4,32)33)24-12-8-10-22-9-6-7-11-23(22)24/h6-16,20H,5,17-18H2,1-4H3,(H,27,31)/t20-/m0/s1. The fourth-order valence-electron chi connectivity index (χ4n) is 3.82. The molecule has 0 saturated heterocycles. The Morgan fingerprint density at radius 2 is 1.62 bits per heavy atom. The minimum absolute atomic E-state index is 0.185. The van der Waals surface area contributed by atoms with Crippen LogP contribution >= 0.6 is 0 Å². The van der Waals surface area contributed by atoms with Crippen LogP contribution in [0.4, 0.5) is 5.69 Å². The molecule has 0 radical (unpaired) electrons. The predicted molar refractivity (Wildman–Crippen MR) is 136 cm³/mol. The molecule has 180 valence electrons. The molecule has 0 fully saturated rings. The predicted octanol–water partition coefficient (Wildman–Crippen LogP) is 3.47. The third-order valence-corrected chi connectivity index (χ3v) is 6.83. The first-order valence-corrected chi connectivity index (χ1v) is 13.0. The van der Waals surface area contributed by atoms with Gasteiger partial charge in [0.05, 0.1) is 11.9 Å². The highest BCUT2D eigenvalue weighted by molar-refractivity contribution is 7.92. The van der Waals surface area contributed by atoms with E-state index in [1.54, 1.807) is 19.1 Å². The van der Waals surface area contributed by atoms with Crippen molar-refractivity contribution < 1.29 is 18.0 Å². The Kier molecular flexibility index (Phi) is 7.94. The average Bonchev–Trinajstić information content (AvgIpc) is 2.80. The molecule has 2 amide bonds. The molecule has 3 rings (SSSR count). The Hall–Kier alpha value is -3.39. The molecular weight excluding hydrogens is 450 g/mol. The van der Waals surface area contributed by atoms with Gasteiger partial charge in [-0.05, 0) is 37.8 Å². The van der Waals surface area contributed by atoms with Gasteiger partial charge in [-0.25, -0.2) is 8.42 Å². The Labute approximate surface area is 201 Å². The molecule has 0 aliphatic heterocycles. The minimum Gasteiger partial charge on any atom is -0.355 e. The van der Waals surface area contributed by atoms with Crippen molar-refractivity contribution in [3.05, 3.63) is 77.9 Å². The van der Waals surface area contributed by atoms with Gasteiger partial charge >= 0.3 is 0 Å². The second kappa shape index (κ2) is 10.7. The fourth-order valence-corrected chi connectivity index (χ4v) is 4.68. The number of hydrogen-bond donors (Lipinski definition) is 1. The van der Waals surface area contributed by atoms with Crippen LogP contribution < -0.4 is 9.62 Å². The molecule has 0 aliphatic carbocycles. The molecular formula is C26H31N3O4S. The smallest absolute Gasteiger partial charge is 0.244 e. The van der Waals surface area contributed by atoms with E-state index >= 15 is 0 Å². The van der Waals surface area contributed by atoms with Crippen LogP contribution in [-0.2, 0) is 26.2 Å². The summed E-state index contributed by atoms with van der Waals surface area (Å²) in [4.78, 5) is 27.6. The maximum absolute atomic E-state index is 13.6.